The predicted molar refractivity (Wildman–Crippen MR) is 116 cm³/mol. The Kier molecular flexibility index (Phi) is 7.19. The van der Waals surface area contributed by atoms with Crippen LogP contribution in [-0.2, 0) is 9.59 Å². The lowest BCUT2D eigenvalue weighted by atomic mass is 10.2. The Morgan fingerprint density at radius 1 is 0.862 bits per heavy atom. The Hall–Kier alpha value is -3.38. The number of hydrogen-bond donors (Lipinski definition) is 2. The van der Waals surface area contributed by atoms with Gasteiger partial charge in [-0.05, 0) is 54.1 Å². The normalized spacial score (nSPS) is 10.7. The van der Waals surface area contributed by atoms with Crippen molar-refractivity contribution in [3.8, 4) is 0 Å². The van der Waals surface area contributed by atoms with E-state index in [2.05, 4.69) is 10.6 Å². The number of amides is 2. The van der Waals surface area contributed by atoms with Gasteiger partial charge < -0.3 is 10.6 Å². The molecule has 0 spiro atoms. The minimum absolute atomic E-state index is 0.193. The van der Waals surface area contributed by atoms with Crippen molar-refractivity contribution in [2.75, 3.05) is 16.4 Å². The van der Waals surface area contributed by atoms with Crippen LogP contribution >= 0.6 is 11.8 Å². The van der Waals surface area contributed by atoms with E-state index in [-0.39, 0.29) is 23.4 Å². The molecule has 3 aromatic carbocycles. The number of carbonyl (C=O) groups excluding carboxylic acids is 2. The molecule has 0 unspecified atom stereocenters. The van der Waals surface area contributed by atoms with Crippen LogP contribution in [0.25, 0.3) is 6.08 Å². The number of anilines is 2. The number of halogens is 1. The van der Waals surface area contributed by atoms with Gasteiger partial charge in [0, 0.05) is 22.3 Å². The molecular weight excluding hydrogens is 387 g/mol. The van der Waals surface area contributed by atoms with Crippen molar-refractivity contribution < 1.29 is 14.0 Å². The van der Waals surface area contributed by atoms with Gasteiger partial charge in [-0.25, -0.2) is 4.39 Å². The van der Waals surface area contributed by atoms with E-state index in [4.69, 9.17) is 0 Å². The summed E-state index contributed by atoms with van der Waals surface area (Å²) in [6.07, 6.45) is 3.22. The summed E-state index contributed by atoms with van der Waals surface area (Å²) in [5.41, 5.74) is 2.14. The van der Waals surface area contributed by atoms with E-state index in [1.165, 1.54) is 42.1 Å². The zero-order chi connectivity index (χ0) is 20.5. The standard InChI is InChI=1S/C23H19FN2O2S/c24-18-10-12-19(13-11-18)25-23(28)16-29-21-8-4-7-20(15-21)26-22(27)14-9-17-5-2-1-3-6-17/h1-15H,16H2,(H,25,28)(H,26,27)/b14-9+. The van der Waals surface area contributed by atoms with Crippen LogP contribution in [0.3, 0.4) is 0 Å². The van der Waals surface area contributed by atoms with E-state index in [0.29, 0.717) is 11.4 Å². The van der Waals surface area contributed by atoms with Crippen LogP contribution in [0.5, 0.6) is 0 Å². The summed E-state index contributed by atoms with van der Waals surface area (Å²) in [5.74, 6) is -0.579. The van der Waals surface area contributed by atoms with Crippen LogP contribution in [0, 0.1) is 5.82 Å². The average Bonchev–Trinajstić information content (AvgIpc) is 2.73. The van der Waals surface area contributed by atoms with Gasteiger partial charge in [0.25, 0.3) is 0 Å². The molecule has 3 aromatic rings. The van der Waals surface area contributed by atoms with Crippen LogP contribution in [0.15, 0.2) is 89.8 Å². The smallest absolute Gasteiger partial charge is 0.248 e. The van der Waals surface area contributed by atoms with E-state index in [9.17, 15) is 14.0 Å². The van der Waals surface area contributed by atoms with Crippen molar-refractivity contribution in [2.24, 2.45) is 0 Å². The molecular formula is C23H19FN2O2S. The van der Waals surface area contributed by atoms with Crippen molar-refractivity contribution in [1.29, 1.82) is 0 Å². The van der Waals surface area contributed by atoms with Crippen LogP contribution in [0.1, 0.15) is 5.56 Å². The number of hydrogen-bond acceptors (Lipinski definition) is 3. The van der Waals surface area contributed by atoms with Gasteiger partial charge in [0.15, 0.2) is 0 Å². The average molecular weight is 406 g/mol. The molecule has 0 saturated carbocycles. The third-order valence-corrected chi connectivity index (χ3v) is 4.82. The topological polar surface area (TPSA) is 58.2 Å². The molecule has 0 aliphatic heterocycles. The first-order valence-electron chi connectivity index (χ1n) is 8.91. The van der Waals surface area contributed by atoms with Crippen molar-refractivity contribution in [2.45, 2.75) is 4.90 Å². The molecule has 4 nitrogen and oxygen atoms in total. The van der Waals surface area contributed by atoms with E-state index in [0.717, 1.165) is 10.5 Å². The molecule has 29 heavy (non-hydrogen) atoms. The van der Waals surface area contributed by atoms with Crippen molar-refractivity contribution in [1.82, 2.24) is 0 Å². The lowest BCUT2D eigenvalue weighted by molar-refractivity contribution is -0.114. The van der Waals surface area contributed by atoms with Gasteiger partial charge in [0.05, 0.1) is 5.75 Å². The van der Waals surface area contributed by atoms with Gasteiger partial charge in [-0.15, -0.1) is 11.8 Å². The monoisotopic (exact) mass is 406 g/mol. The fraction of sp³-hybridized carbons (Fsp3) is 0.0435. The highest BCUT2D eigenvalue weighted by atomic mass is 32.2. The SMILES string of the molecule is O=C(/C=C/c1ccccc1)Nc1cccc(SCC(=O)Nc2ccc(F)cc2)c1. The highest BCUT2D eigenvalue weighted by Gasteiger charge is 2.05. The highest BCUT2D eigenvalue weighted by molar-refractivity contribution is 8.00. The van der Waals surface area contributed by atoms with Crippen molar-refractivity contribution in [3.05, 3.63) is 96.3 Å². The zero-order valence-electron chi connectivity index (χ0n) is 15.5. The number of carbonyl (C=O) groups is 2. The molecule has 6 heteroatoms. The van der Waals surface area contributed by atoms with E-state index in [1.807, 2.05) is 48.5 Å². The first kappa shape index (κ1) is 20.4. The molecule has 0 bridgehead atoms. The summed E-state index contributed by atoms with van der Waals surface area (Å²) in [4.78, 5) is 25.0. The second-order valence-electron chi connectivity index (χ2n) is 6.10. The zero-order valence-corrected chi connectivity index (χ0v) is 16.3. The Balaban J connectivity index is 1.51. The van der Waals surface area contributed by atoms with Crippen LogP contribution < -0.4 is 10.6 Å². The van der Waals surface area contributed by atoms with Gasteiger partial charge in [-0.1, -0.05) is 36.4 Å². The number of rotatable bonds is 7. The molecule has 0 aromatic heterocycles. The van der Waals surface area contributed by atoms with E-state index >= 15 is 0 Å². The number of benzene rings is 3. The summed E-state index contributed by atoms with van der Waals surface area (Å²) in [7, 11) is 0. The molecule has 2 amide bonds. The van der Waals surface area contributed by atoms with Crippen molar-refractivity contribution in [3.63, 3.8) is 0 Å². The Labute approximate surface area is 172 Å². The maximum atomic E-state index is 12.9. The lowest BCUT2D eigenvalue weighted by Gasteiger charge is -2.07. The van der Waals surface area contributed by atoms with Crippen LogP contribution in [0.2, 0.25) is 0 Å². The molecule has 2 N–H and O–H groups in total. The molecule has 0 aliphatic rings. The largest absolute Gasteiger partial charge is 0.325 e. The quantitative estimate of drug-likeness (QED) is 0.418. The van der Waals surface area contributed by atoms with Gasteiger partial charge in [-0.2, -0.15) is 0 Å². The minimum Gasteiger partial charge on any atom is -0.325 e. The third kappa shape index (κ3) is 6.93. The van der Waals surface area contributed by atoms with Gasteiger partial charge in [-0.3, -0.25) is 9.59 Å². The maximum absolute atomic E-state index is 12.9. The minimum atomic E-state index is -0.352. The van der Waals surface area contributed by atoms with E-state index < -0.39 is 0 Å². The lowest BCUT2D eigenvalue weighted by Crippen LogP contribution is -2.14. The predicted octanol–water partition coefficient (Wildman–Crippen LogP) is 5.21. The summed E-state index contributed by atoms with van der Waals surface area (Å²) in [6, 6.07) is 22.4. The first-order chi connectivity index (χ1) is 14.1. The molecule has 146 valence electrons. The third-order valence-electron chi connectivity index (χ3n) is 3.83. The maximum Gasteiger partial charge on any atom is 0.248 e. The molecule has 0 heterocycles. The first-order valence-corrected chi connectivity index (χ1v) is 9.89. The van der Waals surface area contributed by atoms with Crippen LogP contribution in [-0.4, -0.2) is 17.6 Å². The van der Waals surface area contributed by atoms with Crippen molar-refractivity contribution >= 4 is 41.0 Å². The fourth-order valence-electron chi connectivity index (χ4n) is 2.46. The number of nitrogens with one attached hydrogen (secondary N) is 2. The second-order valence-corrected chi connectivity index (χ2v) is 7.15. The molecule has 0 saturated heterocycles. The fourth-order valence-corrected chi connectivity index (χ4v) is 3.22. The van der Waals surface area contributed by atoms with Gasteiger partial charge in [0.2, 0.25) is 11.8 Å². The van der Waals surface area contributed by atoms with Gasteiger partial charge in [0.1, 0.15) is 5.82 Å². The Bertz CT molecular complexity index is 1000. The number of thioether (sulfide) groups is 1. The highest BCUT2D eigenvalue weighted by Crippen LogP contribution is 2.22. The summed E-state index contributed by atoms with van der Waals surface area (Å²) < 4.78 is 12.9. The summed E-state index contributed by atoms with van der Waals surface area (Å²) in [5, 5.41) is 5.52. The summed E-state index contributed by atoms with van der Waals surface area (Å²) in [6.45, 7) is 0. The van der Waals surface area contributed by atoms with Crippen LogP contribution in [0.4, 0.5) is 15.8 Å². The molecule has 0 atom stereocenters. The second kappa shape index (κ2) is 10.2. The Morgan fingerprint density at radius 2 is 1.62 bits per heavy atom. The van der Waals surface area contributed by atoms with E-state index in [1.54, 1.807) is 12.1 Å². The Morgan fingerprint density at radius 3 is 2.38 bits per heavy atom. The summed E-state index contributed by atoms with van der Waals surface area (Å²) >= 11 is 1.35. The molecule has 0 fully saturated rings. The molecule has 3 rings (SSSR count). The van der Waals surface area contributed by atoms with Gasteiger partial charge >= 0.3 is 0 Å². The molecule has 0 radical (unpaired) electrons. The molecule has 0 aliphatic carbocycles.